The summed E-state index contributed by atoms with van der Waals surface area (Å²) >= 11 is 1.78. The summed E-state index contributed by atoms with van der Waals surface area (Å²) in [4.78, 5) is 20.3. The number of amides is 1. The highest BCUT2D eigenvalue weighted by atomic mass is 32.1. The summed E-state index contributed by atoms with van der Waals surface area (Å²) in [6.07, 6.45) is 4.56. The van der Waals surface area contributed by atoms with E-state index in [1.807, 2.05) is 4.90 Å². The van der Waals surface area contributed by atoms with Gasteiger partial charge in [-0.15, -0.1) is 11.3 Å². The number of aryl methyl sites for hydroxylation is 2. The van der Waals surface area contributed by atoms with E-state index in [1.54, 1.807) is 17.6 Å². The van der Waals surface area contributed by atoms with E-state index in [0.29, 0.717) is 12.5 Å². The molecule has 0 unspecified atom stereocenters. The van der Waals surface area contributed by atoms with E-state index in [9.17, 15) is 4.79 Å². The first-order valence-electron chi connectivity index (χ1n) is 7.19. The van der Waals surface area contributed by atoms with E-state index in [1.165, 1.54) is 9.88 Å². The van der Waals surface area contributed by atoms with Gasteiger partial charge in [0.05, 0.1) is 29.1 Å². The Morgan fingerprint density at radius 1 is 1.50 bits per heavy atom. The molecular weight excluding hydrogens is 272 g/mol. The van der Waals surface area contributed by atoms with Gasteiger partial charge in [-0.3, -0.25) is 4.79 Å². The third-order valence-corrected chi connectivity index (χ3v) is 5.33. The minimum atomic E-state index is 0.150. The molecule has 0 N–H and O–H groups in total. The first-order chi connectivity index (χ1) is 9.65. The van der Waals surface area contributed by atoms with Gasteiger partial charge in [0.25, 0.3) is 5.91 Å². The molecule has 1 aromatic heterocycles. The van der Waals surface area contributed by atoms with Gasteiger partial charge in [0.1, 0.15) is 0 Å². The van der Waals surface area contributed by atoms with Crippen LogP contribution in [0, 0.1) is 13.8 Å². The number of ether oxygens (including phenoxy) is 1. The first kappa shape index (κ1) is 13.6. The highest BCUT2D eigenvalue weighted by molar-refractivity contribution is 7.11. The molecule has 4 nitrogen and oxygen atoms in total. The molecule has 0 bridgehead atoms. The van der Waals surface area contributed by atoms with Crippen LogP contribution in [0.5, 0.6) is 0 Å². The molecule has 0 spiro atoms. The SMILES string of the molecule is Cc1nc([C@H]2CCCN(C(=O)C3=COCC3)C2)sc1C. The number of thiazole rings is 1. The normalized spacial score (nSPS) is 22.6. The molecule has 3 rings (SSSR count). The summed E-state index contributed by atoms with van der Waals surface area (Å²) in [5, 5.41) is 1.19. The summed E-state index contributed by atoms with van der Waals surface area (Å²) in [6, 6.07) is 0. The zero-order chi connectivity index (χ0) is 14.1. The number of carbonyl (C=O) groups excluding carboxylic acids is 1. The molecular formula is C15H20N2O2S. The fourth-order valence-corrected chi connectivity index (χ4v) is 3.83. The quantitative estimate of drug-likeness (QED) is 0.842. The third kappa shape index (κ3) is 2.59. The van der Waals surface area contributed by atoms with Gasteiger partial charge in [-0.25, -0.2) is 4.98 Å². The zero-order valence-corrected chi connectivity index (χ0v) is 12.8. The summed E-state index contributed by atoms with van der Waals surface area (Å²) < 4.78 is 5.18. The lowest BCUT2D eigenvalue weighted by Crippen LogP contribution is -2.39. The van der Waals surface area contributed by atoms with Crippen molar-refractivity contribution in [1.29, 1.82) is 0 Å². The zero-order valence-electron chi connectivity index (χ0n) is 12.0. The number of aromatic nitrogens is 1. The van der Waals surface area contributed by atoms with Gasteiger partial charge >= 0.3 is 0 Å². The van der Waals surface area contributed by atoms with Crippen LogP contribution in [-0.4, -0.2) is 35.5 Å². The van der Waals surface area contributed by atoms with E-state index in [2.05, 4.69) is 18.8 Å². The van der Waals surface area contributed by atoms with Crippen molar-refractivity contribution < 1.29 is 9.53 Å². The standard InChI is InChI=1S/C15H20N2O2S/c1-10-11(2)20-14(16-10)12-4-3-6-17(8-12)15(18)13-5-7-19-9-13/h9,12H,3-8H2,1-2H3/t12-/m0/s1. The lowest BCUT2D eigenvalue weighted by Gasteiger charge is -2.32. The number of rotatable bonds is 2. The Balaban J connectivity index is 1.71. The van der Waals surface area contributed by atoms with Crippen molar-refractivity contribution in [2.24, 2.45) is 0 Å². The topological polar surface area (TPSA) is 42.4 Å². The van der Waals surface area contributed by atoms with Crippen molar-refractivity contribution in [2.75, 3.05) is 19.7 Å². The van der Waals surface area contributed by atoms with E-state index in [4.69, 9.17) is 4.74 Å². The highest BCUT2D eigenvalue weighted by Crippen LogP contribution is 2.32. The molecule has 1 amide bonds. The van der Waals surface area contributed by atoms with E-state index in [-0.39, 0.29) is 5.91 Å². The fourth-order valence-electron chi connectivity index (χ4n) is 2.78. The number of piperidine rings is 1. The average Bonchev–Trinajstić information content (AvgIpc) is 3.09. The molecule has 0 saturated carbocycles. The third-order valence-electron chi connectivity index (χ3n) is 4.09. The minimum Gasteiger partial charge on any atom is -0.500 e. The van der Waals surface area contributed by atoms with Gasteiger partial charge < -0.3 is 9.64 Å². The first-order valence-corrected chi connectivity index (χ1v) is 8.00. The van der Waals surface area contributed by atoms with Crippen LogP contribution < -0.4 is 0 Å². The second-order valence-corrected chi connectivity index (χ2v) is 6.78. The molecule has 5 heteroatoms. The molecule has 108 valence electrons. The highest BCUT2D eigenvalue weighted by Gasteiger charge is 2.29. The van der Waals surface area contributed by atoms with Crippen LogP contribution in [0.3, 0.4) is 0 Å². The monoisotopic (exact) mass is 292 g/mol. The second-order valence-electron chi connectivity index (χ2n) is 5.55. The number of likely N-dealkylation sites (tertiary alicyclic amines) is 1. The van der Waals surface area contributed by atoms with Crippen molar-refractivity contribution in [2.45, 2.75) is 39.0 Å². The molecule has 1 aromatic rings. The minimum absolute atomic E-state index is 0.150. The summed E-state index contributed by atoms with van der Waals surface area (Å²) in [6.45, 7) is 6.46. The largest absolute Gasteiger partial charge is 0.500 e. The maximum atomic E-state index is 12.4. The Bertz CT molecular complexity index is 531. The van der Waals surface area contributed by atoms with Gasteiger partial charge in [0.15, 0.2) is 0 Å². The van der Waals surface area contributed by atoms with Crippen LogP contribution in [-0.2, 0) is 9.53 Å². The molecule has 2 aliphatic heterocycles. The van der Waals surface area contributed by atoms with Crippen molar-refractivity contribution >= 4 is 17.2 Å². The molecule has 20 heavy (non-hydrogen) atoms. The van der Waals surface area contributed by atoms with Crippen LogP contribution in [0.1, 0.15) is 40.8 Å². The molecule has 0 aromatic carbocycles. The summed E-state index contributed by atoms with van der Waals surface area (Å²) in [5.74, 6) is 0.547. The maximum absolute atomic E-state index is 12.4. The van der Waals surface area contributed by atoms with Crippen LogP contribution in [0.4, 0.5) is 0 Å². The van der Waals surface area contributed by atoms with E-state index >= 15 is 0 Å². The van der Waals surface area contributed by atoms with Crippen molar-refractivity contribution in [3.63, 3.8) is 0 Å². The molecule has 0 radical (unpaired) electrons. The molecule has 1 atom stereocenters. The van der Waals surface area contributed by atoms with E-state index < -0.39 is 0 Å². The second kappa shape index (κ2) is 5.56. The van der Waals surface area contributed by atoms with Crippen molar-refractivity contribution in [1.82, 2.24) is 9.88 Å². The molecule has 1 saturated heterocycles. The van der Waals surface area contributed by atoms with E-state index in [0.717, 1.165) is 43.6 Å². The lowest BCUT2D eigenvalue weighted by molar-refractivity contribution is -0.128. The summed E-state index contributed by atoms with van der Waals surface area (Å²) in [7, 11) is 0. The van der Waals surface area contributed by atoms with Crippen molar-refractivity contribution in [3.05, 3.63) is 27.4 Å². The smallest absolute Gasteiger partial charge is 0.253 e. The van der Waals surface area contributed by atoms with Gasteiger partial charge in [0.2, 0.25) is 0 Å². The summed E-state index contributed by atoms with van der Waals surface area (Å²) in [5.41, 5.74) is 1.94. The Hall–Kier alpha value is -1.36. The number of nitrogens with zero attached hydrogens (tertiary/aromatic N) is 2. The number of carbonyl (C=O) groups is 1. The van der Waals surface area contributed by atoms with Gasteiger partial charge in [-0.2, -0.15) is 0 Å². The molecule has 2 aliphatic rings. The fraction of sp³-hybridized carbons (Fsp3) is 0.600. The Labute approximate surface area is 123 Å². The maximum Gasteiger partial charge on any atom is 0.253 e. The average molecular weight is 292 g/mol. The lowest BCUT2D eigenvalue weighted by atomic mass is 9.98. The Morgan fingerprint density at radius 3 is 3.00 bits per heavy atom. The Morgan fingerprint density at radius 2 is 2.35 bits per heavy atom. The Kier molecular flexibility index (Phi) is 3.78. The van der Waals surface area contributed by atoms with Crippen LogP contribution in [0.15, 0.2) is 11.8 Å². The molecule has 3 heterocycles. The molecule has 0 aliphatic carbocycles. The van der Waals surface area contributed by atoms with Crippen molar-refractivity contribution in [3.8, 4) is 0 Å². The van der Waals surface area contributed by atoms with Gasteiger partial charge in [-0.05, 0) is 26.7 Å². The van der Waals surface area contributed by atoms with Crippen LogP contribution in [0.2, 0.25) is 0 Å². The predicted octanol–water partition coefficient (Wildman–Crippen LogP) is 2.77. The number of hydrogen-bond acceptors (Lipinski definition) is 4. The number of hydrogen-bond donors (Lipinski definition) is 0. The van der Waals surface area contributed by atoms with Crippen LogP contribution >= 0.6 is 11.3 Å². The van der Waals surface area contributed by atoms with Crippen LogP contribution in [0.25, 0.3) is 0 Å². The van der Waals surface area contributed by atoms with Gasteiger partial charge in [0, 0.05) is 30.3 Å². The predicted molar refractivity (Wildman–Crippen MR) is 78.8 cm³/mol. The molecule has 1 fully saturated rings. The van der Waals surface area contributed by atoms with Gasteiger partial charge in [-0.1, -0.05) is 0 Å².